The van der Waals surface area contributed by atoms with Gasteiger partial charge in [0, 0.05) is 6.04 Å². The van der Waals surface area contributed by atoms with Gasteiger partial charge in [-0.1, -0.05) is 26.0 Å². The minimum absolute atomic E-state index is 0.104. The Balaban J connectivity index is 2.71. The minimum Gasteiger partial charge on any atom is -0.491 e. The van der Waals surface area contributed by atoms with Gasteiger partial charge in [-0.3, -0.25) is 0 Å². The number of aliphatic hydroxyl groups is 1. The molecule has 0 radical (unpaired) electrons. The Morgan fingerprint density at radius 3 is 2.22 bits per heavy atom. The fraction of sp³-hybridized carbons (Fsp3) is 0.600. The summed E-state index contributed by atoms with van der Waals surface area (Å²) < 4.78 is 5.59. The average Bonchev–Trinajstić information content (AvgIpc) is 2.35. The van der Waals surface area contributed by atoms with E-state index in [9.17, 15) is 5.11 Å². The molecule has 1 rings (SSSR count). The van der Waals surface area contributed by atoms with Gasteiger partial charge in [0.2, 0.25) is 0 Å². The van der Waals surface area contributed by atoms with Crippen LogP contribution in [0.4, 0.5) is 0 Å². The fourth-order valence-electron chi connectivity index (χ4n) is 1.99. The molecular formula is C15H25NO2. The smallest absolute Gasteiger partial charge is 0.119 e. The highest BCUT2D eigenvalue weighted by Crippen LogP contribution is 2.22. The van der Waals surface area contributed by atoms with Crippen molar-refractivity contribution in [3.8, 4) is 5.75 Å². The lowest BCUT2D eigenvalue weighted by atomic mass is 10.0. The van der Waals surface area contributed by atoms with Crippen LogP contribution < -0.4 is 10.1 Å². The summed E-state index contributed by atoms with van der Waals surface area (Å²) in [7, 11) is 0. The molecule has 0 heterocycles. The predicted octanol–water partition coefficient (Wildman–Crippen LogP) is 2.90. The van der Waals surface area contributed by atoms with E-state index in [-0.39, 0.29) is 12.1 Å². The highest BCUT2D eigenvalue weighted by Gasteiger charge is 2.17. The molecule has 1 aromatic rings. The molecule has 0 aliphatic carbocycles. The molecule has 0 amide bonds. The highest BCUT2D eigenvalue weighted by atomic mass is 16.5. The second-order valence-electron chi connectivity index (χ2n) is 4.75. The normalized spacial score (nSPS) is 14.6. The minimum atomic E-state index is -0.469. The van der Waals surface area contributed by atoms with Gasteiger partial charge >= 0.3 is 0 Å². The number of hydrogen-bond acceptors (Lipinski definition) is 3. The molecule has 0 bridgehead atoms. The molecule has 1 aromatic carbocycles. The van der Waals surface area contributed by atoms with Gasteiger partial charge in [-0.05, 0) is 44.5 Å². The molecule has 3 heteroatoms. The Bertz CT molecular complexity index is 335. The first kappa shape index (κ1) is 15.0. The van der Waals surface area contributed by atoms with E-state index in [2.05, 4.69) is 19.2 Å². The third-order valence-electron chi connectivity index (χ3n) is 2.88. The van der Waals surface area contributed by atoms with E-state index in [0.717, 1.165) is 24.3 Å². The summed E-state index contributed by atoms with van der Waals surface area (Å²) in [5, 5.41) is 13.6. The van der Waals surface area contributed by atoms with Crippen LogP contribution in [0.3, 0.4) is 0 Å². The quantitative estimate of drug-likeness (QED) is 0.783. The van der Waals surface area contributed by atoms with Crippen LogP contribution in [0.5, 0.6) is 5.75 Å². The van der Waals surface area contributed by atoms with Crippen LogP contribution >= 0.6 is 0 Å². The average molecular weight is 251 g/mol. The lowest BCUT2D eigenvalue weighted by molar-refractivity contribution is 0.127. The Morgan fingerprint density at radius 1 is 1.17 bits per heavy atom. The Hall–Kier alpha value is -1.06. The van der Waals surface area contributed by atoms with Crippen molar-refractivity contribution in [1.82, 2.24) is 5.32 Å². The molecule has 2 atom stereocenters. The molecule has 0 fully saturated rings. The lowest BCUT2D eigenvalue weighted by Gasteiger charge is -2.23. The topological polar surface area (TPSA) is 41.5 Å². The molecular weight excluding hydrogens is 226 g/mol. The molecule has 102 valence electrons. The van der Waals surface area contributed by atoms with Crippen LogP contribution in [0.1, 0.15) is 45.8 Å². The van der Waals surface area contributed by atoms with Crippen molar-refractivity contribution in [2.75, 3.05) is 6.54 Å². The first-order valence-corrected chi connectivity index (χ1v) is 6.76. The number of ether oxygens (including phenoxy) is 1. The Labute approximate surface area is 110 Å². The van der Waals surface area contributed by atoms with Crippen LogP contribution in [0.25, 0.3) is 0 Å². The van der Waals surface area contributed by atoms with E-state index < -0.39 is 6.10 Å². The SMILES string of the molecule is CCNC(CC)C(O)c1ccc(OC(C)C)cc1. The van der Waals surface area contributed by atoms with Gasteiger partial charge in [0.15, 0.2) is 0 Å². The van der Waals surface area contributed by atoms with Crippen molar-refractivity contribution in [2.45, 2.75) is 52.4 Å². The summed E-state index contributed by atoms with van der Waals surface area (Å²) in [6.45, 7) is 8.99. The number of nitrogens with one attached hydrogen (secondary N) is 1. The van der Waals surface area contributed by atoms with Crippen LogP contribution in [0, 0.1) is 0 Å². The maximum Gasteiger partial charge on any atom is 0.119 e. The van der Waals surface area contributed by atoms with Crippen molar-refractivity contribution < 1.29 is 9.84 Å². The van der Waals surface area contributed by atoms with Crippen molar-refractivity contribution in [1.29, 1.82) is 0 Å². The molecule has 2 unspecified atom stereocenters. The van der Waals surface area contributed by atoms with Crippen molar-refractivity contribution in [3.63, 3.8) is 0 Å². The van der Waals surface area contributed by atoms with Crippen molar-refractivity contribution >= 4 is 0 Å². The monoisotopic (exact) mass is 251 g/mol. The van der Waals surface area contributed by atoms with E-state index in [1.54, 1.807) is 0 Å². The summed E-state index contributed by atoms with van der Waals surface area (Å²) >= 11 is 0. The van der Waals surface area contributed by atoms with Crippen LogP contribution in [0.2, 0.25) is 0 Å². The van der Waals surface area contributed by atoms with Gasteiger partial charge in [-0.15, -0.1) is 0 Å². The number of likely N-dealkylation sites (N-methyl/N-ethyl adjacent to an activating group) is 1. The molecule has 2 N–H and O–H groups in total. The maximum atomic E-state index is 10.3. The molecule has 0 saturated carbocycles. The van der Waals surface area contributed by atoms with Gasteiger partial charge < -0.3 is 15.2 Å². The largest absolute Gasteiger partial charge is 0.491 e. The number of benzene rings is 1. The zero-order chi connectivity index (χ0) is 13.5. The third-order valence-corrected chi connectivity index (χ3v) is 2.88. The molecule has 0 aromatic heterocycles. The second-order valence-corrected chi connectivity index (χ2v) is 4.75. The van der Waals surface area contributed by atoms with Gasteiger partial charge in [0.1, 0.15) is 5.75 Å². The lowest BCUT2D eigenvalue weighted by Crippen LogP contribution is -2.34. The van der Waals surface area contributed by atoms with E-state index >= 15 is 0 Å². The molecule has 0 saturated heterocycles. The van der Waals surface area contributed by atoms with E-state index in [1.807, 2.05) is 38.1 Å². The fourth-order valence-corrected chi connectivity index (χ4v) is 1.99. The van der Waals surface area contributed by atoms with Crippen LogP contribution in [0.15, 0.2) is 24.3 Å². The first-order valence-electron chi connectivity index (χ1n) is 6.76. The van der Waals surface area contributed by atoms with Gasteiger partial charge in [0.05, 0.1) is 12.2 Å². The van der Waals surface area contributed by atoms with Crippen LogP contribution in [-0.4, -0.2) is 23.8 Å². The summed E-state index contributed by atoms with van der Waals surface area (Å²) in [4.78, 5) is 0. The van der Waals surface area contributed by atoms with Gasteiger partial charge in [0.25, 0.3) is 0 Å². The summed E-state index contributed by atoms with van der Waals surface area (Å²) in [6.07, 6.45) is 0.605. The van der Waals surface area contributed by atoms with Crippen LogP contribution in [-0.2, 0) is 0 Å². The Kier molecular flexibility index (Phi) is 6.16. The molecule has 18 heavy (non-hydrogen) atoms. The van der Waals surface area contributed by atoms with Gasteiger partial charge in [-0.2, -0.15) is 0 Å². The van der Waals surface area contributed by atoms with Gasteiger partial charge in [-0.25, -0.2) is 0 Å². The number of aliphatic hydroxyl groups excluding tert-OH is 1. The van der Waals surface area contributed by atoms with Crippen molar-refractivity contribution in [3.05, 3.63) is 29.8 Å². The standard InChI is InChI=1S/C15H25NO2/c1-5-14(16-6-2)15(17)12-7-9-13(10-8-12)18-11(3)4/h7-11,14-17H,5-6H2,1-4H3. The summed E-state index contributed by atoms with van der Waals surface area (Å²) in [6, 6.07) is 7.80. The van der Waals surface area contributed by atoms with E-state index in [0.29, 0.717) is 0 Å². The molecule has 0 aliphatic rings. The zero-order valence-corrected chi connectivity index (χ0v) is 11.8. The summed E-state index contributed by atoms with van der Waals surface area (Å²) in [5.41, 5.74) is 0.930. The van der Waals surface area contributed by atoms with E-state index in [1.165, 1.54) is 0 Å². The predicted molar refractivity (Wildman–Crippen MR) is 74.9 cm³/mol. The zero-order valence-electron chi connectivity index (χ0n) is 11.8. The molecule has 3 nitrogen and oxygen atoms in total. The third kappa shape index (κ3) is 4.31. The first-order chi connectivity index (χ1) is 8.58. The van der Waals surface area contributed by atoms with Crippen molar-refractivity contribution in [2.24, 2.45) is 0 Å². The maximum absolute atomic E-state index is 10.3. The molecule has 0 aliphatic heterocycles. The Morgan fingerprint density at radius 2 is 1.78 bits per heavy atom. The molecule has 0 spiro atoms. The highest BCUT2D eigenvalue weighted by molar-refractivity contribution is 5.29. The number of hydrogen-bond donors (Lipinski definition) is 2. The van der Waals surface area contributed by atoms with E-state index in [4.69, 9.17) is 4.74 Å². The number of rotatable bonds is 7. The summed E-state index contributed by atoms with van der Waals surface area (Å²) in [5.74, 6) is 0.845. The second kappa shape index (κ2) is 7.39.